The zero-order valence-electron chi connectivity index (χ0n) is 15.0. The minimum Gasteiger partial charge on any atom is -0.491 e. The molecule has 1 N–H and O–H groups in total. The molecular weight excluding hydrogens is 416 g/mol. The first-order valence-electron chi connectivity index (χ1n) is 8.48. The molecule has 138 valence electrons. The molecule has 26 heavy (non-hydrogen) atoms. The predicted octanol–water partition coefficient (Wildman–Crippen LogP) is 4.90. The number of fused-ring (bicyclic) bond motifs is 1. The minimum atomic E-state index is -1.30. The smallest absolute Gasteiger partial charge is 0.179 e. The third-order valence-corrected chi connectivity index (χ3v) is 6.33. The number of pyridine rings is 1. The second kappa shape index (κ2) is 7.90. The summed E-state index contributed by atoms with van der Waals surface area (Å²) >= 11 is 5.04. The highest BCUT2D eigenvalue weighted by atomic mass is 79.9. The first-order valence-corrected chi connectivity index (χ1v) is 10.1. The lowest BCUT2D eigenvalue weighted by atomic mass is 9.90. The van der Waals surface area contributed by atoms with Gasteiger partial charge in [0.05, 0.1) is 35.7 Å². The average Bonchev–Trinajstić information content (AvgIpc) is 3.08. The Labute approximate surface area is 165 Å². The van der Waals surface area contributed by atoms with Crippen LogP contribution in [-0.4, -0.2) is 28.8 Å². The van der Waals surface area contributed by atoms with Crippen LogP contribution in [0.3, 0.4) is 0 Å². The van der Waals surface area contributed by atoms with Crippen molar-refractivity contribution >= 4 is 37.5 Å². The molecule has 3 aromatic rings. The van der Waals surface area contributed by atoms with E-state index in [2.05, 4.69) is 20.9 Å². The van der Waals surface area contributed by atoms with E-state index < -0.39 is 5.60 Å². The summed E-state index contributed by atoms with van der Waals surface area (Å²) in [6.45, 7) is 4.39. The van der Waals surface area contributed by atoms with Crippen LogP contribution in [0, 0.1) is 0 Å². The van der Waals surface area contributed by atoms with Crippen LogP contribution < -0.4 is 9.47 Å². The summed E-state index contributed by atoms with van der Waals surface area (Å²) in [6.07, 6.45) is 4.51. The van der Waals surface area contributed by atoms with Crippen LogP contribution in [0.4, 0.5) is 0 Å². The lowest BCUT2D eigenvalue weighted by Gasteiger charge is -2.28. The molecule has 7 heteroatoms. The maximum atomic E-state index is 11.7. The van der Waals surface area contributed by atoms with Gasteiger partial charge in [0, 0.05) is 10.7 Å². The second-order valence-electron chi connectivity index (χ2n) is 5.87. The molecule has 2 aromatic heterocycles. The maximum Gasteiger partial charge on any atom is 0.179 e. The highest BCUT2D eigenvalue weighted by Gasteiger charge is 2.38. The first-order chi connectivity index (χ1) is 12.5. The molecule has 0 aliphatic rings. The van der Waals surface area contributed by atoms with Gasteiger partial charge < -0.3 is 14.6 Å². The van der Waals surface area contributed by atoms with E-state index >= 15 is 0 Å². The van der Waals surface area contributed by atoms with E-state index in [9.17, 15) is 5.11 Å². The highest BCUT2D eigenvalue weighted by molar-refractivity contribution is 9.10. The Hall–Kier alpha value is -1.70. The van der Waals surface area contributed by atoms with E-state index in [4.69, 9.17) is 14.5 Å². The van der Waals surface area contributed by atoms with Crippen LogP contribution in [0.5, 0.6) is 11.5 Å². The van der Waals surface area contributed by atoms with Crippen molar-refractivity contribution in [1.29, 1.82) is 0 Å². The van der Waals surface area contributed by atoms with Crippen LogP contribution in [0.25, 0.3) is 10.2 Å². The van der Waals surface area contributed by atoms with E-state index in [1.807, 2.05) is 32.0 Å². The molecule has 0 saturated carbocycles. The fourth-order valence-electron chi connectivity index (χ4n) is 2.97. The van der Waals surface area contributed by atoms with Crippen LogP contribution in [0.1, 0.15) is 37.3 Å². The van der Waals surface area contributed by atoms with Crippen molar-refractivity contribution in [2.75, 3.05) is 13.7 Å². The third kappa shape index (κ3) is 3.31. The van der Waals surface area contributed by atoms with E-state index in [-0.39, 0.29) is 0 Å². The van der Waals surface area contributed by atoms with Gasteiger partial charge in [-0.3, -0.25) is 4.98 Å². The van der Waals surface area contributed by atoms with Gasteiger partial charge in [-0.25, -0.2) is 4.98 Å². The summed E-state index contributed by atoms with van der Waals surface area (Å²) in [6, 6.07) is 5.86. The molecule has 2 heterocycles. The average molecular weight is 437 g/mol. The lowest BCUT2D eigenvalue weighted by Crippen LogP contribution is -2.28. The molecule has 3 rings (SSSR count). The van der Waals surface area contributed by atoms with Gasteiger partial charge in [0.1, 0.15) is 10.6 Å². The van der Waals surface area contributed by atoms with Crippen molar-refractivity contribution in [3.8, 4) is 11.5 Å². The van der Waals surface area contributed by atoms with Gasteiger partial charge in [-0.05, 0) is 41.4 Å². The Bertz CT molecular complexity index is 915. The lowest BCUT2D eigenvalue weighted by molar-refractivity contribution is 0.0657. The van der Waals surface area contributed by atoms with Crippen LogP contribution in [0.2, 0.25) is 0 Å². The number of thiazole rings is 1. The number of halogens is 1. The van der Waals surface area contributed by atoms with Gasteiger partial charge in [0.2, 0.25) is 0 Å². The number of aromatic nitrogens is 2. The number of rotatable bonds is 7. The number of aliphatic hydroxyl groups is 1. The van der Waals surface area contributed by atoms with E-state index in [0.717, 1.165) is 21.1 Å². The van der Waals surface area contributed by atoms with E-state index in [0.29, 0.717) is 35.1 Å². The molecule has 0 aliphatic carbocycles. The molecule has 0 bridgehead atoms. The summed E-state index contributed by atoms with van der Waals surface area (Å²) in [5.41, 5.74) is 0.127. The van der Waals surface area contributed by atoms with Gasteiger partial charge in [-0.1, -0.05) is 19.4 Å². The SMILES string of the molecule is CCCC(O)(c1nc2cccc(Br)c2s1)c1cncc(OC)c1OCC. The topological polar surface area (TPSA) is 64.5 Å². The zero-order valence-corrected chi connectivity index (χ0v) is 17.4. The van der Waals surface area contributed by atoms with E-state index in [1.165, 1.54) is 11.3 Å². The Kier molecular flexibility index (Phi) is 5.79. The number of benzene rings is 1. The Morgan fingerprint density at radius 3 is 2.73 bits per heavy atom. The van der Waals surface area contributed by atoms with Crippen molar-refractivity contribution < 1.29 is 14.6 Å². The monoisotopic (exact) mass is 436 g/mol. The fraction of sp³-hybridized carbons (Fsp3) is 0.368. The molecule has 0 spiro atoms. The fourth-order valence-corrected chi connectivity index (χ4v) is 4.67. The Morgan fingerprint density at radius 2 is 2.08 bits per heavy atom. The molecule has 0 radical (unpaired) electrons. The van der Waals surface area contributed by atoms with Crippen molar-refractivity contribution in [2.45, 2.75) is 32.3 Å². The van der Waals surface area contributed by atoms with Gasteiger partial charge in [0.25, 0.3) is 0 Å². The molecule has 1 atom stereocenters. The van der Waals surface area contributed by atoms with Gasteiger partial charge >= 0.3 is 0 Å². The molecule has 0 amide bonds. The molecule has 0 saturated heterocycles. The molecule has 1 aromatic carbocycles. The summed E-state index contributed by atoms with van der Waals surface area (Å²) in [7, 11) is 1.57. The summed E-state index contributed by atoms with van der Waals surface area (Å²) in [4.78, 5) is 8.96. The standard InChI is InChI=1S/C19H21BrN2O3S/c1-4-9-19(23,12-10-21-11-15(24-3)16(12)25-5-2)18-22-14-8-6-7-13(20)17(14)26-18/h6-8,10-11,23H,4-5,9H2,1-3H3. The quantitative estimate of drug-likeness (QED) is 0.570. The molecule has 0 aliphatic heterocycles. The second-order valence-corrected chi connectivity index (χ2v) is 7.72. The van der Waals surface area contributed by atoms with Crippen molar-refractivity contribution in [1.82, 2.24) is 9.97 Å². The highest BCUT2D eigenvalue weighted by Crippen LogP contribution is 2.45. The van der Waals surface area contributed by atoms with Gasteiger partial charge in [-0.2, -0.15) is 0 Å². The summed E-state index contributed by atoms with van der Waals surface area (Å²) in [5, 5.41) is 12.4. The predicted molar refractivity (Wildman–Crippen MR) is 107 cm³/mol. The Morgan fingerprint density at radius 1 is 1.27 bits per heavy atom. The van der Waals surface area contributed by atoms with Crippen LogP contribution in [0.15, 0.2) is 35.1 Å². The van der Waals surface area contributed by atoms with Crippen molar-refractivity contribution in [3.05, 3.63) is 45.6 Å². The summed E-state index contributed by atoms with van der Waals surface area (Å²) in [5.74, 6) is 1.01. The van der Waals surface area contributed by atoms with Crippen LogP contribution >= 0.6 is 27.3 Å². The van der Waals surface area contributed by atoms with E-state index in [1.54, 1.807) is 19.5 Å². The number of nitrogens with zero attached hydrogens (tertiary/aromatic N) is 2. The maximum absolute atomic E-state index is 11.7. The first kappa shape index (κ1) is 19.1. The van der Waals surface area contributed by atoms with Crippen molar-refractivity contribution in [2.24, 2.45) is 0 Å². The molecule has 0 fully saturated rings. The Balaban J connectivity index is 2.23. The van der Waals surface area contributed by atoms with Crippen molar-refractivity contribution in [3.63, 3.8) is 0 Å². The zero-order chi connectivity index (χ0) is 18.7. The molecule has 1 unspecified atom stereocenters. The van der Waals surface area contributed by atoms with Gasteiger partial charge in [-0.15, -0.1) is 11.3 Å². The normalized spacial score (nSPS) is 13.6. The number of methoxy groups -OCH3 is 1. The van der Waals surface area contributed by atoms with Crippen LogP contribution in [-0.2, 0) is 5.60 Å². The molecule has 5 nitrogen and oxygen atoms in total. The molecular formula is C19H21BrN2O3S. The number of hydrogen-bond donors (Lipinski definition) is 1. The number of ether oxygens (including phenoxy) is 2. The van der Waals surface area contributed by atoms with Gasteiger partial charge in [0.15, 0.2) is 11.5 Å². The largest absolute Gasteiger partial charge is 0.491 e. The minimum absolute atomic E-state index is 0.459. The number of hydrogen-bond acceptors (Lipinski definition) is 6. The third-order valence-electron chi connectivity index (χ3n) is 4.15. The summed E-state index contributed by atoms with van der Waals surface area (Å²) < 4.78 is 13.2.